The molecule has 0 saturated heterocycles. The van der Waals surface area contributed by atoms with Gasteiger partial charge in [0.05, 0.1) is 22.4 Å². The summed E-state index contributed by atoms with van der Waals surface area (Å²) >= 11 is 3.55. The predicted molar refractivity (Wildman–Crippen MR) is 73.9 cm³/mol. The summed E-state index contributed by atoms with van der Waals surface area (Å²) in [5, 5.41) is 4.38. The molecule has 0 radical (unpaired) electrons. The molecule has 2 rings (SSSR count). The molecule has 1 aromatic carbocycles. The van der Waals surface area contributed by atoms with E-state index in [0.717, 1.165) is 15.7 Å². The molecule has 1 unspecified atom stereocenters. The minimum Gasteiger partial charge on any atom is -0.328 e. The Morgan fingerprint density at radius 3 is 2.59 bits per heavy atom. The van der Waals surface area contributed by atoms with Crippen LogP contribution < -0.4 is 5.73 Å². The fourth-order valence-corrected chi connectivity index (χ4v) is 2.26. The van der Waals surface area contributed by atoms with E-state index in [2.05, 4.69) is 59.1 Å². The van der Waals surface area contributed by atoms with Gasteiger partial charge in [-0.15, -0.1) is 0 Å². The van der Waals surface area contributed by atoms with Crippen molar-refractivity contribution in [3.63, 3.8) is 0 Å². The zero-order valence-electron chi connectivity index (χ0n) is 10.0. The molecule has 3 nitrogen and oxygen atoms in total. The van der Waals surface area contributed by atoms with Gasteiger partial charge in [0, 0.05) is 12.1 Å². The van der Waals surface area contributed by atoms with Crippen molar-refractivity contribution in [2.75, 3.05) is 6.54 Å². The Bertz CT molecular complexity index is 502. The van der Waals surface area contributed by atoms with Crippen LogP contribution in [0.2, 0.25) is 0 Å². The minimum absolute atomic E-state index is 0.192. The van der Waals surface area contributed by atoms with Gasteiger partial charge in [-0.1, -0.05) is 29.8 Å². The highest BCUT2D eigenvalue weighted by Gasteiger charge is 2.14. The molecule has 0 saturated carbocycles. The zero-order chi connectivity index (χ0) is 12.4. The van der Waals surface area contributed by atoms with E-state index in [0.29, 0.717) is 6.54 Å². The van der Waals surface area contributed by atoms with Crippen LogP contribution in [0.5, 0.6) is 0 Å². The summed E-state index contributed by atoms with van der Waals surface area (Å²) < 4.78 is 2.97. The van der Waals surface area contributed by atoms with Crippen LogP contribution in [-0.2, 0) is 0 Å². The number of aryl methyl sites for hydroxylation is 1. The molecular formula is C13H16BrN3. The summed E-state index contributed by atoms with van der Waals surface area (Å²) in [6.45, 7) is 4.72. The number of benzene rings is 1. The van der Waals surface area contributed by atoms with Crippen LogP contribution in [0.15, 0.2) is 34.9 Å². The van der Waals surface area contributed by atoms with Gasteiger partial charge in [0.25, 0.3) is 0 Å². The quantitative estimate of drug-likeness (QED) is 0.945. The molecule has 2 aromatic rings. The summed E-state index contributed by atoms with van der Waals surface area (Å²) in [4.78, 5) is 0. The van der Waals surface area contributed by atoms with Crippen molar-refractivity contribution in [1.29, 1.82) is 0 Å². The van der Waals surface area contributed by atoms with Crippen LogP contribution in [0.3, 0.4) is 0 Å². The first kappa shape index (κ1) is 12.3. The van der Waals surface area contributed by atoms with Crippen LogP contribution in [0.25, 0.3) is 11.3 Å². The third kappa shape index (κ3) is 2.42. The minimum atomic E-state index is 0.192. The number of hydrogen-bond donors (Lipinski definition) is 1. The lowest BCUT2D eigenvalue weighted by Gasteiger charge is -2.14. The van der Waals surface area contributed by atoms with Crippen molar-refractivity contribution in [3.8, 4) is 11.3 Å². The third-order valence-corrected chi connectivity index (χ3v) is 3.41. The maximum Gasteiger partial charge on any atom is 0.0828 e. The number of halogens is 1. The van der Waals surface area contributed by atoms with Crippen LogP contribution >= 0.6 is 15.9 Å². The lowest BCUT2D eigenvalue weighted by Crippen LogP contribution is -2.17. The van der Waals surface area contributed by atoms with E-state index < -0.39 is 0 Å². The Labute approximate surface area is 110 Å². The highest BCUT2D eigenvalue weighted by atomic mass is 79.9. The van der Waals surface area contributed by atoms with Crippen LogP contribution in [0.1, 0.15) is 18.5 Å². The maximum absolute atomic E-state index is 5.71. The Morgan fingerprint density at radius 2 is 2.00 bits per heavy atom. The summed E-state index contributed by atoms with van der Waals surface area (Å²) in [6.07, 6.45) is 1.82. The van der Waals surface area contributed by atoms with E-state index in [4.69, 9.17) is 5.73 Å². The number of nitrogens with two attached hydrogens (primary N) is 1. The average Bonchev–Trinajstić information content (AvgIpc) is 2.71. The molecule has 0 aliphatic rings. The topological polar surface area (TPSA) is 43.8 Å². The summed E-state index contributed by atoms with van der Waals surface area (Å²) in [7, 11) is 0. The Balaban J connectivity index is 2.50. The largest absolute Gasteiger partial charge is 0.328 e. The van der Waals surface area contributed by atoms with Crippen molar-refractivity contribution in [3.05, 3.63) is 40.5 Å². The predicted octanol–water partition coefficient (Wildman–Crippen LogP) is 3.14. The number of nitrogens with zero attached hydrogens (tertiary/aromatic N) is 2. The molecule has 1 aromatic heterocycles. The summed E-state index contributed by atoms with van der Waals surface area (Å²) in [5.74, 6) is 0. The third-order valence-electron chi connectivity index (χ3n) is 2.83. The first-order valence-corrected chi connectivity index (χ1v) is 6.43. The second-order valence-electron chi connectivity index (χ2n) is 4.24. The molecule has 0 spiro atoms. The first-order chi connectivity index (χ1) is 8.13. The molecule has 0 bridgehead atoms. The van der Waals surface area contributed by atoms with Gasteiger partial charge in [0.15, 0.2) is 0 Å². The van der Waals surface area contributed by atoms with Crippen molar-refractivity contribution in [2.45, 2.75) is 19.9 Å². The second kappa shape index (κ2) is 5.02. The van der Waals surface area contributed by atoms with Gasteiger partial charge in [-0.25, -0.2) is 0 Å². The molecule has 17 heavy (non-hydrogen) atoms. The van der Waals surface area contributed by atoms with Crippen LogP contribution in [0.4, 0.5) is 0 Å². The van der Waals surface area contributed by atoms with Gasteiger partial charge in [0.2, 0.25) is 0 Å². The molecule has 1 atom stereocenters. The van der Waals surface area contributed by atoms with Crippen molar-refractivity contribution in [1.82, 2.24) is 9.78 Å². The van der Waals surface area contributed by atoms with Gasteiger partial charge in [-0.2, -0.15) is 5.10 Å². The highest BCUT2D eigenvalue weighted by molar-refractivity contribution is 9.10. The Hall–Kier alpha value is -1.13. The van der Waals surface area contributed by atoms with Crippen molar-refractivity contribution >= 4 is 15.9 Å². The number of aromatic nitrogens is 2. The standard InChI is InChI=1S/C13H16BrN3/c1-9-3-5-11(6-4-9)13-12(14)8-16-17(13)10(2)7-15/h3-6,8,10H,7,15H2,1-2H3. The maximum atomic E-state index is 5.71. The monoisotopic (exact) mass is 293 g/mol. The van der Waals surface area contributed by atoms with Crippen LogP contribution in [-0.4, -0.2) is 16.3 Å². The van der Waals surface area contributed by atoms with E-state index in [1.165, 1.54) is 5.56 Å². The SMILES string of the molecule is Cc1ccc(-c2c(Br)cnn2C(C)CN)cc1. The second-order valence-corrected chi connectivity index (χ2v) is 5.09. The molecule has 1 heterocycles. The molecular weight excluding hydrogens is 278 g/mol. The molecule has 0 aliphatic heterocycles. The molecule has 0 amide bonds. The average molecular weight is 294 g/mol. The van der Waals surface area contributed by atoms with Gasteiger partial charge in [0.1, 0.15) is 0 Å². The van der Waals surface area contributed by atoms with E-state index in [9.17, 15) is 0 Å². The lowest BCUT2D eigenvalue weighted by molar-refractivity contribution is 0.506. The highest BCUT2D eigenvalue weighted by Crippen LogP contribution is 2.30. The van der Waals surface area contributed by atoms with Gasteiger partial charge in [-0.05, 0) is 29.8 Å². The van der Waals surface area contributed by atoms with Crippen LogP contribution in [0, 0.1) is 6.92 Å². The van der Waals surface area contributed by atoms with Gasteiger partial charge < -0.3 is 5.73 Å². The molecule has 90 valence electrons. The lowest BCUT2D eigenvalue weighted by atomic mass is 10.1. The Kier molecular flexibility index (Phi) is 3.64. The van der Waals surface area contributed by atoms with E-state index in [-0.39, 0.29) is 6.04 Å². The fraction of sp³-hybridized carbons (Fsp3) is 0.308. The molecule has 4 heteroatoms. The fourth-order valence-electron chi connectivity index (χ4n) is 1.76. The van der Waals surface area contributed by atoms with E-state index in [1.54, 1.807) is 0 Å². The number of rotatable bonds is 3. The van der Waals surface area contributed by atoms with Gasteiger partial charge in [-0.3, -0.25) is 4.68 Å². The summed E-state index contributed by atoms with van der Waals surface area (Å²) in [5.41, 5.74) is 9.20. The summed E-state index contributed by atoms with van der Waals surface area (Å²) in [6, 6.07) is 8.61. The van der Waals surface area contributed by atoms with Crippen molar-refractivity contribution < 1.29 is 0 Å². The van der Waals surface area contributed by atoms with E-state index in [1.807, 2.05) is 10.9 Å². The first-order valence-electron chi connectivity index (χ1n) is 5.63. The Morgan fingerprint density at radius 1 is 1.35 bits per heavy atom. The van der Waals surface area contributed by atoms with E-state index >= 15 is 0 Å². The normalized spacial score (nSPS) is 12.7. The zero-order valence-corrected chi connectivity index (χ0v) is 11.6. The van der Waals surface area contributed by atoms with Crippen molar-refractivity contribution in [2.24, 2.45) is 5.73 Å². The van der Waals surface area contributed by atoms with Gasteiger partial charge >= 0.3 is 0 Å². The number of hydrogen-bond acceptors (Lipinski definition) is 2. The smallest absolute Gasteiger partial charge is 0.0828 e. The molecule has 0 fully saturated rings. The molecule has 2 N–H and O–H groups in total. The molecule has 0 aliphatic carbocycles.